The van der Waals surface area contributed by atoms with Crippen molar-refractivity contribution in [2.75, 3.05) is 19.3 Å². The molecular formula is C18H30ClNS. The zero-order chi connectivity index (χ0) is 15.5. The third-order valence-electron chi connectivity index (χ3n) is 4.16. The van der Waals surface area contributed by atoms with Gasteiger partial charge in [0.25, 0.3) is 0 Å². The lowest BCUT2D eigenvalue weighted by molar-refractivity contribution is 0.255. The van der Waals surface area contributed by atoms with Crippen LogP contribution in [0.2, 0.25) is 5.02 Å². The van der Waals surface area contributed by atoms with Crippen molar-refractivity contribution in [1.29, 1.82) is 0 Å². The summed E-state index contributed by atoms with van der Waals surface area (Å²) in [5.41, 5.74) is 1.30. The smallest absolute Gasteiger partial charge is 0.0409 e. The van der Waals surface area contributed by atoms with E-state index in [2.05, 4.69) is 43.6 Å². The second-order valence-electron chi connectivity index (χ2n) is 5.91. The second-order valence-corrected chi connectivity index (χ2v) is 6.79. The molecule has 21 heavy (non-hydrogen) atoms. The summed E-state index contributed by atoms with van der Waals surface area (Å²) in [5.74, 6) is 1.03. The van der Waals surface area contributed by atoms with Crippen LogP contribution in [0.15, 0.2) is 24.3 Å². The normalized spacial score (nSPS) is 12.8. The molecule has 0 aliphatic carbocycles. The predicted molar refractivity (Wildman–Crippen MR) is 98.7 cm³/mol. The Labute approximate surface area is 141 Å². The molecule has 0 spiro atoms. The summed E-state index contributed by atoms with van der Waals surface area (Å²) in [7, 11) is 2.21. The van der Waals surface area contributed by atoms with Gasteiger partial charge in [0.15, 0.2) is 0 Å². The molecule has 0 saturated heterocycles. The first-order valence-corrected chi connectivity index (χ1v) is 9.22. The highest BCUT2D eigenvalue weighted by atomic mass is 35.5. The highest BCUT2D eigenvalue weighted by Gasteiger charge is 2.11. The van der Waals surface area contributed by atoms with Crippen LogP contribution in [-0.4, -0.2) is 24.2 Å². The van der Waals surface area contributed by atoms with Crippen molar-refractivity contribution in [2.24, 2.45) is 0 Å². The number of hydrogen-bond acceptors (Lipinski definition) is 2. The lowest BCUT2D eigenvalue weighted by Crippen LogP contribution is -2.23. The first kappa shape index (κ1) is 18.9. The quantitative estimate of drug-likeness (QED) is 0.385. The minimum absolute atomic E-state index is 0.430. The summed E-state index contributed by atoms with van der Waals surface area (Å²) >= 11 is 10.3. The van der Waals surface area contributed by atoms with E-state index in [1.807, 2.05) is 12.1 Å². The van der Waals surface area contributed by atoms with Gasteiger partial charge in [-0.25, -0.2) is 0 Å². The van der Waals surface area contributed by atoms with Gasteiger partial charge in [-0.2, -0.15) is 12.6 Å². The molecule has 3 heteroatoms. The minimum Gasteiger partial charge on any atom is -0.300 e. The predicted octanol–water partition coefficient (Wildman–Crippen LogP) is 5.99. The fraction of sp³-hybridized carbons (Fsp3) is 0.667. The van der Waals surface area contributed by atoms with Crippen LogP contribution in [0.1, 0.15) is 63.5 Å². The molecule has 0 aromatic heterocycles. The van der Waals surface area contributed by atoms with Crippen LogP contribution in [0.5, 0.6) is 0 Å². The van der Waals surface area contributed by atoms with Gasteiger partial charge in [0, 0.05) is 11.1 Å². The van der Waals surface area contributed by atoms with Crippen LogP contribution in [-0.2, 0) is 0 Å². The Bertz CT molecular complexity index is 383. The zero-order valence-electron chi connectivity index (χ0n) is 13.5. The lowest BCUT2D eigenvalue weighted by Gasteiger charge is -2.25. The molecule has 1 nitrogen and oxygen atoms in total. The van der Waals surface area contributed by atoms with Crippen molar-refractivity contribution in [3.05, 3.63) is 34.9 Å². The van der Waals surface area contributed by atoms with E-state index in [0.717, 1.165) is 17.3 Å². The number of thiol groups is 1. The van der Waals surface area contributed by atoms with Gasteiger partial charge in [-0.1, -0.05) is 55.8 Å². The molecule has 1 atom stereocenters. The van der Waals surface area contributed by atoms with E-state index in [-0.39, 0.29) is 0 Å². The molecular weight excluding hydrogens is 298 g/mol. The van der Waals surface area contributed by atoms with E-state index in [9.17, 15) is 0 Å². The average molecular weight is 328 g/mol. The number of benzene rings is 1. The molecule has 0 saturated carbocycles. The summed E-state index contributed by atoms with van der Waals surface area (Å²) in [4.78, 5) is 2.42. The van der Waals surface area contributed by atoms with E-state index in [0.29, 0.717) is 6.04 Å². The third-order valence-corrected chi connectivity index (χ3v) is 4.71. The van der Waals surface area contributed by atoms with Crippen LogP contribution in [0, 0.1) is 0 Å². The van der Waals surface area contributed by atoms with Gasteiger partial charge in [0.1, 0.15) is 0 Å². The Hall–Kier alpha value is -0.180. The summed E-state index contributed by atoms with van der Waals surface area (Å²) in [6.07, 6.45) is 9.35. The van der Waals surface area contributed by atoms with Crippen molar-refractivity contribution in [2.45, 2.75) is 57.9 Å². The molecule has 0 bridgehead atoms. The van der Waals surface area contributed by atoms with E-state index in [4.69, 9.17) is 11.6 Å². The first-order valence-electron chi connectivity index (χ1n) is 8.21. The fourth-order valence-corrected chi connectivity index (χ4v) is 2.99. The molecule has 0 fully saturated rings. The Balaban J connectivity index is 2.14. The van der Waals surface area contributed by atoms with Crippen molar-refractivity contribution >= 4 is 24.2 Å². The zero-order valence-corrected chi connectivity index (χ0v) is 15.2. The van der Waals surface area contributed by atoms with Crippen LogP contribution >= 0.6 is 24.2 Å². The van der Waals surface area contributed by atoms with Crippen LogP contribution in [0.25, 0.3) is 0 Å². The number of hydrogen-bond donors (Lipinski definition) is 1. The van der Waals surface area contributed by atoms with Crippen molar-refractivity contribution in [3.8, 4) is 0 Å². The number of rotatable bonds is 11. The van der Waals surface area contributed by atoms with Crippen molar-refractivity contribution in [3.63, 3.8) is 0 Å². The Morgan fingerprint density at radius 3 is 2.29 bits per heavy atom. The number of nitrogens with zero attached hydrogens (tertiary/aromatic N) is 1. The van der Waals surface area contributed by atoms with Crippen LogP contribution in [0.3, 0.4) is 0 Å². The van der Waals surface area contributed by atoms with E-state index in [1.165, 1.54) is 50.5 Å². The molecule has 0 heterocycles. The molecule has 1 rings (SSSR count). The van der Waals surface area contributed by atoms with Gasteiger partial charge >= 0.3 is 0 Å². The van der Waals surface area contributed by atoms with Crippen molar-refractivity contribution < 1.29 is 0 Å². The number of unbranched alkanes of at least 4 members (excludes halogenated alkanes) is 6. The molecule has 1 aromatic rings. The van der Waals surface area contributed by atoms with E-state index >= 15 is 0 Å². The monoisotopic (exact) mass is 327 g/mol. The summed E-state index contributed by atoms with van der Waals surface area (Å²) in [6, 6.07) is 8.64. The number of halogens is 1. The molecule has 1 unspecified atom stereocenters. The largest absolute Gasteiger partial charge is 0.300 e. The van der Waals surface area contributed by atoms with E-state index < -0.39 is 0 Å². The van der Waals surface area contributed by atoms with Gasteiger partial charge in [-0.3, -0.25) is 4.90 Å². The Morgan fingerprint density at radius 2 is 1.67 bits per heavy atom. The molecule has 0 amide bonds. The molecule has 0 radical (unpaired) electrons. The second kappa shape index (κ2) is 11.4. The maximum Gasteiger partial charge on any atom is 0.0409 e. The first-order chi connectivity index (χ1) is 10.1. The maximum absolute atomic E-state index is 6.07. The van der Waals surface area contributed by atoms with Gasteiger partial charge in [-0.05, 0) is 56.8 Å². The fourth-order valence-electron chi connectivity index (χ4n) is 2.57. The third kappa shape index (κ3) is 8.13. The van der Waals surface area contributed by atoms with Gasteiger partial charge in [-0.15, -0.1) is 0 Å². The minimum atomic E-state index is 0.430. The van der Waals surface area contributed by atoms with Gasteiger partial charge in [0.2, 0.25) is 0 Å². The highest BCUT2D eigenvalue weighted by Crippen LogP contribution is 2.22. The summed E-state index contributed by atoms with van der Waals surface area (Å²) in [6.45, 7) is 3.41. The van der Waals surface area contributed by atoms with Crippen LogP contribution < -0.4 is 0 Å². The lowest BCUT2D eigenvalue weighted by atomic mass is 10.1. The highest BCUT2D eigenvalue weighted by molar-refractivity contribution is 7.80. The van der Waals surface area contributed by atoms with Crippen LogP contribution in [0.4, 0.5) is 0 Å². The SMILES string of the molecule is CC(c1cccc(Cl)c1)N(C)CCCCCCCCCS. The molecule has 0 aliphatic rings. The molecule has 120 valence electrons. The standard InChI is InChI=1S/C18H30ClNS/c1-16(17-11-10-12-18(19)15-17)20(2)13-8-6-4-3-5-7-9-14-21/h10-12,15-16,21H,3-9,13-14H2,1-2H3. The molecule has 0 aliphatic heterocycles. The average Bonchev–Trinajstić information content (AvgIpc) is 2.49. The van der Waals surface area contributed by atoms with Gasteiger partial charge < -0.3 is 0 Å². The van der Waals surface area contributed by atoms with Gasteiger partial charge in [0.05, 0.1) is 0 Å². The summed E-state index contributed by atoms with van der Waals surface area (Å²) < 4.78 is 0. The topological polar surface area (TPSA) is 3.24 Å². The summed E-state index contributed by atoms with van der Waals surface area (Å²) in [5, 5.41) is 0.828. The van der Waals surface area contributed by atoms with Crippen molar-refractivity contribution in [1.82, 2.24) is 4.90 Å². The molecule has 0 N–H and O–H groups in total. The Morgan fingerprint density at radius 1 is 1.05 bits per heavy atom. The molecule has 1 aromatic carbocycles. The Kier molecular flexibility index (Phi) is 10.2. The maximum atomic E-state index is 6.07. The van der Waals surface area contributed by atoms with E-state index in [1.54, 1.807) is 0 Å².